The van der Waals surface area contributed by atoms with Crippen LogP contribution in [-0.4, -0.2) is 25.1 Å². The maximum Gasteiger partial charge on any atom is 0.411 e. The van der Waals surface area contributed by atoms with Gasteiger partial charge in [0.15, 0.2) is 0 Å². The third kappa shape index (κ3) is 6.51. The Kier molecular flexibility index (Phi) is 8.04. The van der Waals surface area contributed by atoms with Crippen molar-refractivity contribution in [2.75, 3.05) is 7.11 Å². The first kappa shape index (κ1) is 19.2. The van der Waals surface area contributed by atoms with E-state index in [1.165, 1.54) is 14.0 Å². The first-order chi connectivity index (χ1) is 11.5. The first-order valence-electron chi connectivity index (χ1n) is 7.54. The number of ether oxygens (including phenoxy) is 2. The Labute approximate surface area is 141 Å². The van der Waals surface area contributed by atoms with Gasteiger partial charge in [-0.15, -0.1) is 0 Å². The van der Waals surface area contributed by atoms with E-state index in [2.05, 4.69) is 15.4 Å². The minimum Gasteiger partial charge on any atom is -0.464 e. The SMILES string of the molecule is CCC/C(NC(=O)OCc1ccccc1)=C(\NC(C)=O)C(=O)OC. The second-order valence-corrected chi connectivity index (χ2v) is 4.96. The zero-order chi connectivity index (χ0) is 17.9. The number of hydrogen-bond acceptors (Lipinski definition) is 5. The quantitative estimate of drug-likeness (QED) is 0.589. The standard InChI is InChI=1S/C17H22N2O5/c1-4-8-14(15(16(21)23-3)18-12(2)20)19-17(22)24-11-13-9-6-5-7-10-13/h5-7,9-10H,4,8,11H2,1-3H3,(H,18,20)(H,19,22)/b15-14+. The van der Waals surface area contributed by atoms with Crippen LogP contribution in [0.3, 0.4) is 0 Å². The third-order valence-corrected chi connectivity index (χ3v) is 2.96. The van der Waals surface area contributed by atoms with Crippen molar-refractivity contribution in [1.29, 1.82) is 0 Å². The zero-order valence-electron chi connectivity index (χ0n) is 14.0. The summed E-state index contributed by atoms with van der Waals surface area (Å²) in [5.41, 5.74) is 0.991. The van der Waals surface area contributed by atoms with Crippen LogP contribution in [0.5, 0.6) is 0 Å². The fourth-order valence-electron chi connectivity index (χ4n) is 1.91. The van der Waals surface area contributed by atoms with E-state index in [4.69, 9.17) is 4.74 Å². The van der Waals surface area contributed by atoms with Crippen LogP contribution in [0, 0.1) is 0 Å². The minimum absolute atomic E-state index is 0.0940. The van der Waals surface area contributed by atoms with E-state index in [1.54, 1.807) is 0 Å². The van der Waals surface area contributed by atoms with Gasteiger partial charge in [0.2, 0.25) is 5.91 Å². The van der Waals surface area contributed by atoms with E-state index < -0.39 is 18.0 Å². The molecule has 0 aromatic heterocycles. The number of rotatable bonds is 7. The maximum atomic E-state index is 12.0. The van der Waals surface area contributed by atoms with Crippen molar-refractivity contribution in [3.63, 3.8) is 0 Å². The van der Waals surface area contributed by atoms with Gasteiger partial charge in [-0.2, -0.15) is 0 Å². The molecule has 24 heavy (non-hydrogen) atoms. The fourth-order valence-corrected chi connectivity index (χ4v) is 1.91. The minimum atomic E-state index is -0.739. The fraction of sp³-hybridized carbons (Fsp3) is 0.353. The molecular weight excluding hydrogens is 312 g/mol. The topological polar surface area (TPSA) is 93.7 Å². The van der Waals surface area contributed by atoms with Crippen LogP contribution >= 0.6 is 0 Å². The maximum absolute atomic E-state index is 12.0. The van der Waals surface area contributed by atoms with Gasteiger partial charge in [-0.1, -0.05) is 43.7 Å². The smallest absolute Gasteiger partial charge is 0.411 e. The molecule has 0 spiro atoms. The molecule has 7 heteroatoms. The van der Waals surface area contributed by atoms with Gasteiger partial charge in [0, 0.05) is 6.92 Å². The lowest BCUT2D eigenvalue weighted by molar-refractivity contribution is -0.137. The lowest BCUT2D eigenvalue weighted by Crippen LogP contribution is -2.33. The average Bonchev–Trinajstić information content (AvgIpc) is 2.57. The van der Waals surface area contributed by atoms with E-state index in [-0.39, 0.29) is 18.0 Å². The molecule has 7 nitrogen and oxygen atoms in total. The second-order valence-electron chi connectivity index (χ2n) is 4.96. The van der Waals surface area contributed by atoms with E-state index in [0.29, 0.717) is 12.8 Å². The second kappa shape index (κ2) is 10.0. The highest BCUT2D eigenvalue weighted by Gasteiger charge is 2.19. The third-order valence-electron chi connectivity index (χ3n) is 2.96. The Hall–Kier alpha value is -2.83. The number of carbonyl (C=O) groups excluding carboxylic acids is 3. The van der Waals surface area contributed by atoms with Crippen LogP contribution in [-0.2, 0) is 25.7 Å². The Morgan fingerprint density at radius 3 is 2.29 bits per heavy atom. The van der Waals surface area contributed by atoms with Gasteiger partial charge in [0.25, 0.3) is 0 Å². The van der Waals surface area contributed by atoms with Gasteiger partial charge < -0.3 is 14.8 Å². The lowest BCUT2D eigenvalue weighted by atomic mass is 10.2. The molecule has 2 amide bonds. The summed E-state index contributed by atoms with van der Waals surface area (Å²) in [6, 6.07) is 9.19. The van der Waals surface area contributed by atoms with Crippen molar-refractivity contribution >= 4 is 18.0 Å². The number of alkyl carbamates (subject to hydrolysis) is 1. The molecule has 0 atom stereocenters. The van der Waals surface area contributed by atoms with Crippen molar-refractivity contribution < 1.29 is 23.9 Å². The Bertz CT molecular complexity index is 611. The number of carbonyl (C=O) groups is 3. The van der Waals surface area contributed by atoms with E-state index in [0.717, 1.165) is 5.56 Å². The molecule has 0 aliphatic rings. The van der Waals surface area contributed by atoms with Gasteiger partial charge >= 0.3 is 12.1 Å². The molecule has 0 fully saturated rings. The summed E-state index contributed by atoms with van der Waals surface area (Å²) in [7, 11) is 1.20. The van der Waals surface area contributed by atoms with E-state index in [9.17, 15) is 14.4 Å². The van der Waals surface area contributed by atoms with Crippen molar-refractivity contribution in [3.05, 3.63) is 47.3 Å². The number of allylic oxidation sites excluding steroid dienone is 1. The molecule has 0 unspecified atom stereocenters. The monoisotopic (exact) mass is 334 g/mol. The Morgan fingerprint density at radius 2 is 1.75 bits per heavy atom. The van der Waals surface area contributed by atoms with Gasteiger partial charge in [0.05, 0.1) is 12.8 Å². The molecule has 0 saturated carbocycles. The number of benzene rings is 1. The normalized spacial score (nSPS) is 11.1. The predicted molar refractivity (Wildman–Crippen MR) is 87.5 cm³/mol. The summed E-state index contributed by atoms with van der Waals surface area (Å²) in [4.78, 5) is 35.1. The Morgan fingerprint density at radius 1 is 1.08 bits per heavy atom. The molecule has 0 heterocycles. The molecule has 130 valence electrons. The van der Waals surface area contributed by atoms with Crippen LogP contribution in [0.25, 0.3) is 0 Å². The summed E-state index contributed by atoms with van der Waals surface area (Å²) in [6.45, 7) is 3.24. The summed E-state index contributed by atoms with van der Waals surface area (Å²) < 4.78 is 9.77. The molecule has 0 saturated heterocycles. The highest BCUT2D eigenvalue weighted by Crippen LogP contribution is 2.09. The number of esters is 1. The lowest BCUT2D eigenvalue weighted by Gasteiger charge is -2.15. The molecule has 1 aromatic rings. The average molecular weight is 334 g/mol. The highest BCUT2D eigenvalue weighted by molar-refractivity contribution is 5.94. The highest BCUT2D eigenvalue weighted by atomic mass is 16.5. The van der Waals surface area contributed by atoms with Crippen LogP contribution in [0.15, 0.2) is 41.7 Å². The number of hydrogen-bond donors (Lipinski definition) is 2. The van der Waals surface area contributed by atoms with Crippen molar-refractivity contribution in [3.8, 4) is 0 Å². The van der Waals surface area contributed by atoms with Crippen LogP contribution in [0.2, 0.25) is 0 Å². The summed E-state index contributed by atoms with van der Waals surface area (Å²) >= 11 is 0. The van der Waals surface area contributed by atoms with Crippen molar-refractivity contribution in [2.45, 2.75) is 33.3 Å². The summed E-state index contributed by atoms with van der Waals surface area (Å²) in [5, 5.41) is 4.90. The summed E-state index contributed by atoms with van der Waals surface area (Å²) in [5.74, 6) is -1.18. The molecular formula is C17H22N2O5. The summed E-state index contributed by atoms with van der Waals surface area (Å²) in [6.07, 6.45) is 0.300. The molecule has 0 aliphatic heterocycles. The molecule has 1 aromatic carbocycles. The zero-order valence-corrected chi connectivity index (χ0v) is 14.0. The predicted octanol–water partition coefficient (Wildman–Crippen LogP) is 2.23. The van der Waals surface area contributed by atoms with Crippen molar-refractivity contribution in [1.82, 2.24) is 10.6 Å². The molecule has 0 bridgehead atoms. The Balaban J connectivity index is 2.84. The van der Waals surface area contributed by atoms with Gasteiger partial charge in [0.1, 0.15) is 12.3 Å². The molecule has 1 rings (SSSR count). The first-order valence-corrected chi connectivity index (χ1v) is 7.54. The molecule has 2 N–H and O–H groups in total. The van der Waals surface area contributed by atoms with Gasteiger partial charge in [-0.25, -0.2) is 9.59 Å². The number of methoxy groups -OCH3 is 1. The number of nitrogens with one attached hydrogen (secondary N) is 2. The van der Waals surface area contributed by atoms with Crippen LogP contribution in [0.1, 0.15) is 32.3 Å². The van der Waals surface area contributed by atoms with E-state index >= 15 is 0 Å². The van der Waals surface area contributed by atoms with Crippen molar-refractivity contribution in [2.24, 2.45) is 0 Å². The molecule has 0 radical (unpaired) electrons. The van der Waals surface area contributed by atoms with Crippen LogP contribution in [0.4, 0.5) is 4.79 Å². The van der Waals surface area contributed by atoms with Gasteiger partial charge in [-0.3, -0.25) is 10.1 Å². The largest absolute Gasteiger partial charge is 0.464 e. The van der Waals surface area contributed by atoms with Gasteiger partial charge in [-0.05, 0) is 12.0 Å². The van der Waals surface area contributed by atoms with Crippen LogP contribution < -0.4 is 10.6 Å². The number of amides is 2. The molecule has 0 aliphatic carbocycles. The van der Waals surface area contributed by atoms with E-state index in [1.807, 2.05) is 37.3 Å².